The van der Waals surface area contributed by atoms with E-state index in [1.165, 1.54) is 0 Å². The van der Waals surface area contributed by atoms with Crippen LogP contribution in [0.5, 0.6) is 0 Å². The lowest BCUT2D eigenvalue weighted by Crippen LogP contribution is -2.54. The van der Waals surface area contributed by atoms with Crippen molar-refractivity contribution >= 4 is 23.4 Å². The molecular weight excluding hydrogens is 364 g/mol. The Kier molecular flexibility index (Phi) is 6.08. The Bertz CT molecular complexity index is 722. The number of benzene rings is 1. The lowest BCUT2D eigenvalue weighted by Gasteiger charge is -2.32. The summed E-state index contributed by atoms with van der Waals surface area (Å²) in [4.78, 5) is 27.6. The number of carbonyl (C=O) groups is 2. The number of carbonyl (C=O) groups excluding carboxylic acids is 2. The van der Waals surface area contributed by atoms with Gasteiger partial charge in [0, 0.05) is 24.7 Å². The van der Waals surface area contributed by atoms with Crippen LogP contribution in [0.4, 0.5) is 0 Å². The van der Waals surface area contributed by atoms with Crippen molar-refractivity contribution in [1.82, 2.24) is 15.5 Å². The fourth-order valence-electron chi connectivity index (χ4n) is 4.11. The fourth-order valence-corrected chi connectivity index (χ4v) is 4.30. The summed E-state index contributed by atoms with van der Waals surface area (Å²) in [5.74, 6) is -0.0693. The van der Waals surface area contributed by atoms with Gasteiger partial charge in [-0.3, -0.25) is 9.59 Å². The van der Waals surface area contributed by atoms with E-state index in [0.29, 0.717) is 31.1 Å². The molecule has 0 aromatic heterocycles. The molecule has 2 heterocycles. The maximum Gasteiger partial charge on any atom is 0.243 e. The fraction of sp³-hybridized carbons (Fsp3) is 0.600. The number of nitrogens with two attached hydrogens (primary N) is 1. The molecule has 1 aromatic rings. The highest BCUT2D eigenvalue weighted by atomic mass is 35.5. The smallest absolute Gasteiger partial charge is 0.243 e. The molecule has 2 aliphatic rings. The van der Waals surface area contributed by atoms with Gasteiger partial charge in [0.05, 0.1) is 6.04 Å². The molecule has 0 spiro atoms. The van der Waals surface area contributed by atoms with E-state index in [-0.39, 0.29) is 23.3 Å². The quantitative estimate of drug-likeness (QED) is 0.713. The summed E-state index contributed by atoms with van der Waals surface area (Å²) in [7, 11) is 0. The Labute approximate surface area is 165 Å². The standard InChI is InChI=1S/C20H29ClN4O2/c1-20(2)7-8-23-17(20)19(27)25-9-3-4-16(25)18(26)24-12-14-10-15(21)6-5-13(14)11-22/h5-6,10,16-17,23H,3-4,7-9,11-12,22H2,1-2H3,(H,24,26)/t16-,17?/m0/s1. The van der Waals surface area contributed by atoms with Gasteiger partial charge in [0.1, 0.15) is 6.04 Å². The van der Waals surface area contributed by atoms with Crippen LogP contribution in [0.15, 0.2) is 18.2 Å². The summed E-state index contributed by atoms with van der Waals surface area (Å²) >= 11 is 6.07. The van der Waals surface area contributed by atoms with Gasteiger partial charge in [-0.2, -0.15) is 0 Å². The summed E-state index contributed by atoms with van der Waals surface area (Å²) < 4.78 is 0. The molecule has 1 aromatic carbocycles. The topological polar surface area (TPSA) is 87.5 Å². The summed E-state index contributed by atoms with van der Waals surface area (Å²) in [6, 6.07) is 4.87. The van der Waals surface area contributed by atoms with Gasteiger partial charge in [-0.25, -0.2) is 0 Å². The molecule has 1 unspecified atom stereocenters. The minimum Gasteiger partial charge on any atom is -0.350 e. The second kappa shape index (κ2) is 8.17. The Morgan fingerprint density at radius 3 is 2.81 bits per heavy atom. The Hall–Kier alpha value is -1.63. The summed E-state index contributed by atoms with van der Waals surface area (Å²) in [6.45, 7) is 6.43. The van der Waals surface area contributed by atoms with E-state index in [0.717, 1.165) is 30.5 Å². The number of hydrogen-bond donors (Lipinski definition) is 3. The molecule has 0 aliphatic carbocycles. The number of amides is 2. The third kappa shape index (κ3) is 4.28. The largest absolute Gasteiger partial charge is 0.350 e. The van der Waals surface area contributed by atoms with Gasteiger partial charge in [0.25, 0.3) is 0 Å². The molecule has 148 valence electrons. The predicted octanol–water partition coefficient (Wildman–Crippen LogP) is 1.79. The number of halogens is 1. The number of nitrogens with zero attached hydrogens (tertiary/aromatic N) is 1. The third-order valence-corrected chi connectivity index (χ3v) is 6.06. The molecule has 2 aliphatic heterocycles. The van der Waals surface area contributed by atoms with E-state index in [9.17, 15) is 9.59 Å². The third-order valence-electron chi connectivity index (χ3n) is 5.83. The van der Waals surface area contributed by atoms with Crippen LogP contribution in [0.2, 0.25) is 5.02 Å². The first kappa shape index (κ1) is 20.1. The van der Waals surface area contributed by atoms with Crippen LogP contribution in [0.25, 0.3) is 0 Å². The van der Waals surface area contributed by atoms with Gasteiger partial charge in [0.2, 0.25) is 11.8 Å². The SMILES string of the molecule is CC1(C)CCNC1C(=O)N1CCC[C@H]1C(=O)NCc1cc(Cl)ccc1CN. The number of rotatable bonds is 5. The number of hydrogen-bond acceptors (Lipinski definition) is 4. The zero-order chi connectivity index (χ0) is 19.6. The molecule has 2 fully saturated rings. The normalized spacial score (nSPS) is 24.2. The summed E-state index contributed by atoms with van der Waals surface area (Å²) in [6.07, 6.45) is 2.51. The van der Waals surface area contributed by atoms with E-state index in [4.69, 9.17) is 17.3 Å². The average molecular weight is 393 g/mol. The molecule has 0 radical (unpaired) electrons. The summed E-state index contributed by atoms with van der Waals surface area (Å²) in [5, 5.41) is 6.90. The monoisotopic (exact) mass is 392 g/mol. The highest BCUT2D eigenvalue weighted by molar-refractivity contribution is 6.30. The van der Waals surface area contributed by atoms with Crippen LogP contribution in [0, 0.1) is 5.41 Å². The highest BCUT2D eigenvalue weighted by Gasteiger charge is 2.44. The van der Waals surface area contributed by atoms with Gasteiger partial charge < -0.3 is 21.3 Å². The number of likely N-dealkylation sites (tertiary alicyclic amines) is 1. The Morgan fingerprint density at radius 2 is 2.15 bits per heavy atom. The molecule has 4 N–H and O–H groups in total. The van der Waals surface area contributed by atoms with Crippen LogP contribution < -0.4 is 16.4 Å². The molecule has 27 heavy (non-hydrogen) atoms. The van der Waals surface area contributed by atoms with E-state index >= 15 is 0 Å². The van der Waals surface area contributed by atoms with Crippen molar-refractivity contribution in [3.8, 4) is 0 Å². The molecule has 2 amide bonds. The van der Waals surface area contributed by atoms with E-state index in [1.54, 1.807) is 11.0 Å². The van der Waals surface area contributed by atoms with Gasteiger partial charge in [-0.15, -0.1) is 0 Å². The summed E-state index contributed by atoms with van der Waals surface area (Å²) in [5.41, 5.74) is 7.55. The molecule has 7 heteroatoms. The van der Waals surface area contributed by atoms with Crippen molar-refractivity contribution in [2.45, 2.75) is 58.3 Å². The molecule has 0 saturated carbocycles. The second-order valence-electron chi connectivity index (χ2n) is 8.15. The van der Waals surface area contributed by atoms with Crippen LogP contribution in [0.3, 0.4) is 0 Å². The Balaban J connectivity index is 1.66. The van der Waals surface area contributed by atoms with Crippen molar-refractivity contribution < 1.29 is 9.59 Å². The zero-order valence-electron chi connectivity index (χ0n) is 16.1. The van der Waals surface area contributed by atoms with Gasteiger partial charge in [-0.05, 0) is 54.5 Å². The molecule has 0 bridgehead atoms. The van der Waals surface area contributed by atoms with Crippen LogP contribution in [0.1, 0.15) is 44.2 Å². The molecule has 2 atom stereocenters. The molecule has 2 saturated heterocycles. The maximum absolute atomic E-state index is 13.0. The van der Waals surface area contributed by atoms with Crippen LogP contribution in [-0.2, 0) is 22.7 Å². The zero-order valence-corrected chi connectivity index (χ0v) is 16.8. The predicted molar refractivity (Wildman–Crippen MR) is 106 cm³/mol. The van der Waals surface area contributed by atoms with Crippen molar-refractivity contribution in [2.24, 2.45) is 11.1 Å². The average Bonchev–Trinajstić information content (AvgIpc) is 3.25. The van der Waals surface area contributed by atoms with Gasteiger partial charge in [-0.1, -0.05) is 31.5 Å². The highest BCUT2D eigenvalue weighted by Crippen LogP contribution is 2.32. The minimum atomic E-state index is -0.406. The van der Waals surface area contributed by atoms with E-state index in [1.807, 2.05) is 12.1 Å². The number of nitrogens with one attached hydrogen (secondary N) is 2. The van der Waals surface area contributed by atoms with E-state index in [2.05, 4.69) is 24.5 Å². The first-order valence-electron chi connectivity index (χ1n) is 9.62. The molecule has 3 rings (SSSR count). The minimum absolute atomic E-state index is 0.0422. The lowest BCUT2D eigenvalue weighted by atomic mass is 9.84. The van der Waals surface area contributed by atoms with Crippen molar-refractivity contribution in [2.75, 3.05) is 13.1 Å². The second-order valence-corrected chi connectivity index (χ2v) is 8.59. The van der Waals surface area contributed by atoms with Crippen LogP contribution >= 0.6 is 11.6 Å². The maximum atomic E-state index is 13.0. The Morgan fingerprint density at radius 1 is 1.37 bits per heavy atom. The lowest BCUT2D eigenvalue weighted by molar-refractivity contribution is -0.141. The molecule has 6 nitrogen and oxygen atoms in total. The van der Waals surface area contributed by atoms with Crippen molar-refractivity contribution in [3.63, 3.8) is 0 Å². The first-order chi connectivity index (χ1) is 12.8. The van der Waals surface area contributed by atoms with Crippen LogP contribution in [-0.4, -0.2) is 41.9 Å². The first-order valence-corrected chi connectivity index (χ1v) is 10.0. The van der Waals surface area contributed by atoms with Gasteiger partial charge >= 0.3 is 0 Å². The van der Waals surface area contributed by atoms with E-state index < -0.39 is 6.04 Å². The van der Waals surface area contributed by atoms with Crippen molar-refractivity contribution in [1.29, 1.82) is 0 Å². The van der Waals surface area contributed by atoms with Crippen molar-refractivity contribution in [3.05, 3.63) is 34.3 Å². The molecular formula is C20H29ClN4O2. The van der Waals surface area contributed by atoms with Gasteiger partial charge in [0.15, 0.2) is 0 Å².